The number of rotatable bonds is 6. The van der Waals surface area contributed by atoms with Gasteiger partial charge in [0, 0.05) is 6.42 Å². The summed E-state index contributed by atoms with van der Waals surface area (Å²) in [4.78, 5) is 11.9. The number of hydrogen-bond donors (Lipinski definition) is 3. The van der Waals surface area contributed by atoms with E-state index >= 15 is 0 Å². The fourth-order valence-electron chi connectivity index (χ4n) is 1.49. The maximum absolute atomic E-state index is 11.9. The topological polar surface area (TPSA) is 87.7 Å². The highest BCUT2D eigenvalue weighted by Crippen LogP contribution is 2.27. The lowest BCUT2D eigenvalue weighted by atomic mass is 9.80. The fraction of sp³-hybridized carbons (Fsp3) is 0.846. The minimum absolute atomic E-state index is 0.0533. The normalized spacial score (nSPS) is 16.2. The average molecular weight is 257 g/mol. The lowest BCUT2D eigenvalue weighted by Gasteiger charge is -2.27. The Balaban J connectivity index is 4.44. The van der Waals surface area contributed by atoms with E-state index in [9.17, 15) is 4.79 Å². The standard InChI is InChI=1S/C13H27N3O2/c1-6-7-10(12(14)16-18)15-11(17)8-9(2)13(3,4)5/h9-10,18H,6-8H2,1-5H3,(H2,14,16)(H,15,17). The van der Waals surface area contributed by atoms with E-state index in [0.29, 0.717) is 12.8 Å². The van der Waals surface area contributed by atoms with Gasteiger partial charge in [-0.05, 0) is 17.8 Å². The number of nitrogens with one attached hydrogen (secondary N) is 1. The van der Waals surface area contributed by atoms with Gasteiger partial charge in [0.2, 0.25) is 5.91 Å². The minimum atomic E-state index is -0.375. The van der Waals surface area contributed by atoms with E-state index in [1.807, 2.05) is 6.92 Å². The van der Waals surface area contributed by atoms with Crippen LogP contribution in [0.3, 0.4) is 0 Å². The number of hydrogen-bond acceptors (Lipinski definition) is 3. The summed E-state index contributed by atoms with van der Waals surface area (Å²) in [5, 5.41) is 14.5. The maximum atomic E-state index is 11.9. The number of nitrogens with zero attached hydrogens (tertiary/aromatic N) is 1. The molecule has 5 heteroatoms. The van der Waals surface area contributed by atoms with Crippen molar-refractivity contribution in [3.63, 3.8) is 0 Å². The lowest BCUT2D eigenvalue weighted by Crippen LogP contribution is -2.45. The summed E-state index contributed by atoms with van der Waals surface area (Å²) in [5.74, 6) is 0.281. The van der Waals surface area contributed by atoms with E-state index in [4.69, 9.17) is 10.9 Å². The molecule has 4 N–H and O–H groups in total. The van der Waals surface area contributed by atoms with E-state index < -0.39 is 0 Å². The third-order valence-electron chi connectivity index (χ3n) is 3.36. The van der Waals surface area contributed by atoms with Gasteiger partial charge in [0.15, 0.2) is 5.84 Å². The fourth-order valence-corrected chi connectivity index (χ4v) is 1.49. The molecule has 5 nitrogen and oxygen atoms in total. The molecule has 106 valence electrons. The molecule has 0 spiro atoms. The predicted molar refractivity (Wildman–Crippen MR) is 73.5 cm³/mol. The van der Waals surface area contributed by atoms with Crippen molar-refractivity contribution in [3.05, 3.63) is 0 Å². The molecule has 0 heterocycles. The molecule has 0 bridgehead atoms. The van der Waals surface area contributed by atoms with Gasteiger partial charge in [0.25, 0.3) is 0 Å². The molecule has 0 aliphatic rings. The second-order valence-corrected chi connectivity index (χ2v) is 5.90. The minimum Gasteiger partial charge on any atom is -0.409 e. The molecule has 18 heavy (non-hydrogen) atoms. The number of amidine groups is 1. The van der Waals surface area contributed by atoms with Gasteiger partial charge in [-0.1, -0.05) is 46.2 Å². The number of carbonyl (C=O) groups is 1. The number of amides is 1. The first-order valence-electron chi connectivity index (χ1n) is 6.49. The van der Waals surface area contributed by atoms with Gasteiger partial charge in [-0.15, -0.1) is 0 Å². The van der Waals surface area contributed by atoms with Crippen molar-refractivity contribution in [2.75, 3.05) is 0 Å². The van der Waals surface area contributed by atoms with E-state index in [2.05, 4.69) is 38.2 Å². The van der Waals surface area contributed by atoms with Gasteiger partial charge in [0.1, 0.15) is 0 Å². The van der Waals surface area contributed by atoms with Crippen molar-refractivity contribution in [2.24, 2.45) is 22.2 Å². The largest absolute Gasteiger partial charge is 0.409 e. The first-order chi connectivity index (χ1) is 8.22. The molecule has 0 aromatic carbocycles. The van der Waals surface area contributed by atoms with Crippen LogP contribution in [0.5, 0.6) is 0 Å². The Labute approximate surface area is 110 Å². The third-order valence-corrected chi connectivity index (χ3v) is 3.36. The van der Waals surface area contributed by atoms with Gasteiger partial charge in [-0.2, -0.15) is 0 Å². The Kier molecular flexibility index (Phi) is 6.73. The van der Waals surface area contributed by atoms with Gasteiger partial charge < -0.3 is 16.3 Å². The van der Waals surface area contributed by atoms with E-state index in [1.54, 1.807) is 0 Å². The monoisotopic (exact) mass is 257 g/mol. The number of nitrogens with two attached hydrogens (primary N) is 1. The van der Waals surface area contributed by atoms with Crippen molar-refractivity contribution in [1.82, 2.24) is 5.32 Å². The van der Waals surface area contributed by atoms with Crippen LogP contribution in [0.4, 0.5) is 0 Å². The van der Waals surface area contributed by atoms with Crippen molar-refractivity contribution in [3.8, 4) is 0 Å². The van der Waals surface area contributed by atoms with Crippen LogP contribution < -0.4 is 11.1 Å². The lowest BCUT2D eigenvalue weighted by molar-refractivity contribution is -0.123. The van der Waals surface area contributed by atoms with Crippen LogP contribution in [0.2, 0.25) is 0 Å². The molecule has 0 aromatic rings. The molecular formula is C13H27N3O2. The molecule has 0 aliphatic heterocycles. The highest BCUT2D eigenvalue weighted by atomic mass is 16.4. The zero-order chi connectivity index (χ0) is 14.3. The molecule has 0 aliphatic carbocycles. The highest BCUT2D eigenvalue weighted by molar-refractivity contribution is 5.89. The Bertz CT molecular complexity index is 295. The van der Waals surface area contributed by atoms with Crippen LogP contribution in [0.15, 0.2) is 5.16 Å². The van der Waals surface area contributed by atoms with Crippen molar-refractivity contribution in [1.29, 1.82) is 0 Å². The summed E-state index contributed by atoms with van der Waals surface area (Å²) in [6.45, 7) is 10.4. The van der Waals surface area contributed by atoms with Crippen LogP contribution in [0, 0.1) is 11.3 Å². The second kappa shape index (κ2) is 7.24. The molecule has 0 saturated heterocycles. The Hall–Kier alpha value is -1.26. The van der Waals surface area contributed by atoms with E-state index in [1.165, 1.54) is 0 Å². The van der Waals surface area contributed by atoms with Crippen LogP contribution in [0.1, 0.15) is 53.9 Å². The van der Waals surface area contributed by atoms with Gasteiger partial charge in [-0.25, -0.2) is 0 Å². The SMILES string of the molecule is CCCC(NC(=O)CC(C)C(C)(C)C)C(N)=NO. The van der Waals surface area contributed by atoms with Crippen molar-refractivity contribution in [2.45, 2.75) is 59.9 Å². The van der Waals surface area contributed by atoms with Crippen LogP contribution in [-0.4, -0.2) is 23.0 Å². The quantitative estimate of drug-likeness (QED) is 0.295. The maximum Gasteiger partial charge on any atom is 0.220 e. The number of oxime groups is 1. The smallest absolute Gasteiger partial charge is 0.220 e. The Morgan fingerprint density at radius 2 is 2.00 bits per heavy atom. The molecule has 1 amide bonds. The average Bonchev–Trinajstić information content (AvgIpc) is 2.26. The van der Waals surface area contributed by atoms with Crippen molar-refractivity contribution >= 4 is 11.7 Å². The molecular weight excluding hydrogens is 230 g/mol. The van der Waals surface area contributed by atoms with Gasteiger partial charge in [0.05, 0.1) is 6.04 Å². The van der Waals surface area contributed by atoms with Crippen LogP contribution in [-0.2, 0) is 4.79 Å². The highest BCUT2D eigenvalue weighted by Gasteiger charge is 2.24. The zero-order valence-electron chi connectivity index (χ0n) is 12.2. The van der Waals surface area contributed by atoms with Crippen LogP contribution >= 0.6 is 0 Å². The summed E-state index contributed by atoms with van der Waals surface area (Å²) in [5.41, 5.74) is 5.64. The zero-order valence-corrected chi connectivity index (χ0v) is 12.2. The summed E-state index contributed by atoms with van der Waals surface area (Å²) in [6, 6.07) is -0.375. The Morgan fingerprint density at radius 3 is 2.39 bits per heavy atom. The summed E-state index contributed by atoms with van der Waals surface area (Å²) < 4.78 is 0. The van der Waals surface area contributed by atoms with Gasteiger partial charge in [-0.3, -0.25) is 4.79 Å². The first kappa shape index (κ1) is 16.7. The molecule has 2 unspecified atom stereocenters. The summed E-state index contributed by atoms with van der Waals surface area (Å²) in [7, 11) is 0. The molecule has 0 saturated carbocycles. The molecule has 2 atom stereocenters. The first-order valence-corrected chi connectivity index (χ1v) is 6.49. The molecule has 0 fully saturated rings. The third kappa shape index (κ3) is 5.89. The van der Waals surface area contributed by atoms with E-state index in [0.717, 1.165) is 6.42 Å². The Morgan fingerprint density at radius 1 is 1.44 bits per heavy atom. The van der Waals surface area contributed by atoms with Gasteiger partial charge >= 0.3 is 0 Å². The molecule has 0 aromatic heterocycles. The number of carbonyl (C=O) groups excluding carboxylic acids is 1. The van der Waals surface area contributed by atoms with E-state index in [-0.39, 0.29) is 29.1 Å². The summed E-state index contributed by atoms with van der Waals surface area (Å²) >= 11 is 0. The summed E-state index contributed by atoms with van der Waals surface area (Å²) in [6.07, 6.45) is 1.98. The second-order valence-electron chi connectivity index (χ2n) is 5.90. The van der Waals surface area contributed by atoms with Crippen LogP contribution in [0.25, 0.3) is 0 Å². The molecule has 0 rings (SSSR count). The predicted octanol–water partition coefficient (Wildman–Crippen LogP) is 2.09. The van der Waals surface area contributed by atoms with Crippen molar-refractivity contribution < 1.29 is 10.0 Å². The molecule has 0 radical (unpaired) electrons.